The molecular weight excluding hydrogens is 262 g/mol. The van der Waals surface area contributed by atoms with E-state index >= 15 is 0 Å². The van der Waals surface area contributed by atoms with Crippen LogP contribution in [0.15, 0.2) is 24.3 Å². The SMILES string of the molecule is OC(Cc1ccc(C(F)(F)F)cc1)CC(F)(F)F. The van der Waals surface area contributed by atoms with Crippen molar-refractivity contribution >= 4 is 0 Å². The summed E-state index contributed by atoms with van der Waals surface area (Å²) < 4.78 is 72.4. The number of hydrogen-bond donors (Lipinski definition) is 1. The first-order chi connectivity index (χ1) is 8.08. The fourth-order valence-corrected chi connectivity index (χ4v) is 1.44. The zero-order valence-corrected chi connectivity index (χ0v) is 9.02. The molecule has 0 saturated carbocycles. The molecule has 0 aliphatic rings. The van der Waals surface area contributed by atoms with Crippen LogP contribution in [0, 0.1) is 0 Å². The van der Waals surface area contributed by atoms with E-state index in [1.807, 2.05) is 0 Å². The molecule has 0 spiro atoms. The van der Waals surface area contributed by atoms with Gasteiger partial charge in [0.1, 0.15) is 0 Å². The van der Waals surface area contributed by atoms with Gasteiger partial charge in [-0.15, -0.1) is 0 Å². The fraction of sp³-hybridized carbons (Fsp3) is 0.455. The molecule has 1 unspecified atom stereocenters. The van der Waals surface area contributed by atoms with E-state index in [0.29, 0.717) is 0 Å². The fourth-order valence-electron chi connectivity index (χ4n) is 1.44. The van der Waals surface area contributed by atoms with Crippen molar-refractivity contribution in [2.45, 2.75) is 31.3 Å². The second-order valence-corrected chi connectivity index (χ2v) is 3.87. The lowest BCUT2D eigenvalue weighted by Gasteiger charge is -2.13. The van der Waals surface area contributed by atoms with Gasteiger partial charge in [0.25, 0.3) is 0 Å². The van der Waals surface area contributed by atoms with Crippen LogP contribution in [0.3, 0.4) is 0 Å². The minimum atomic E-state index is -4.49. The third kappa shape index (κ3) is 4.95. The average Bonchev–Trinajstić information content (AvgIpc) is 2.13. The van der Waals surface area contributed by atoms with Crippen LogP contribution in [0.4, 0.5) is 26.3 Å². The molecule has 0 aliphatic carbocycles. The van der Waals surface area contributed by atoms with Crippen molar-refractivity contribution < 1.29 is 31.4 Å². The molecule has 102 valence electrons. The first kappa shape index (κ1) is 14.8. The molecule has 0 saturated heterocycles. The summed E-state index contributed by atoms with van der Waals surface area (Å²) in [6, 6.07) is 3.66. The molecule has 1 aromatic carbocycles. The van der Waals surface area contributed by atoms with Crippen LogP contribution in [0.1, 0.15) is 17.5 Å². The van der Waals surface area contributed by atoms with Gasteiger partial charge in [-0.25, -0.2) is 0 Å². The van der Waals surface area contributed by atoms with Gasteiger partial charge >= 0.3 is 12.4 Å². The zero-order valence-electron chi connectivity index (χ0n) is 9.02. The van der Waals surface area contributed by atoms with Crippen LogP contribution >= 0.6 is 0 Å². The number of alkyl halides is 6. The Labute approximate surface area is 99.0 Å². The van der Waals surface area contributed by atoms with Gasteiger partial charge in [0, 0.05) is 0 Å². The van der Waals surface area contributed by atoms with Crippen molar-refractivity contribution in [1.29, 1.82) is 0 Å². The maximum Gasteiger partial charge on any atom is 0.416 e. The Balaban J connectivity index is 2.64. The van der Waals surface area contributed by atoms with Gasteiger partial charge in [0.2, 0.25) is 0 Å². The van der Waals surface area contributed by atoms with Crippen molar-refractivity contribution in [2.24, 2.45) is 0 Å². The molecule has 0 amide bonds. The highest BCUT2D eigenvalue weighted by atomic mass is 19.4. The van der Waals surface area contributed by atoms with Gasteiger partial charge in [-0.3, -0.25) is 0 Å². The maximum atomic E-state index is 12.2. The summed E-state index contributed by atoms with van der Waals surface area (Å²) in [5.41, 5.74) is -0.656. The van der Waals surface area contributed by atoms with Crippen LogP contribution < -0.4 is 0 Å². The topological polar surface area (TPSA) is 20.2 Å². The number of rotatable bonds is 3. The van der Waals surface area contributed by atoms with Crippen molar-refractivity contribution in [3.8, 4) is 0 Å². The Hall–Kier alpha value is -1.24. The Bertz CT molecular complexity index is 378. The molecule has 18 heavy (non-hydrogen) atoms. The number of hydrogen-bond acceptors (Lipinski definition) is 1. The molecule has 0 aromatic heterocycles. The molecule has 0 fully saturated rings. The molecular formula is C11H10F6O. The van der Waals surface area contributed by atoms with E-state index in [0.717, 1.165) is 24.3 Å². The molecule has 0 bridgehead atoms. The first-order valence-corrected chi connectivity index (χ1v) is 4.99. The first-order valence-electron chi connectivity index (χ1n) is 4.99. The Kier molecular flexibility index (Phi) is 4.26. The Morgan fingerprint density at radius 2 is 1.44 bits per heavy atom. The van der Waals surface area contributed by atoms with Crippen LogP contribution in [-0.4, -0.2) is 17.4 Å². The summed E-state index contributed by atoms with van der Waals surface area (Å²) in [6.45, 7) is 0. The molecule has 0 heterocycles. The summed E-state index contributed by atoms with van der Waals surface area (Å²) in [5, 5.41) is 9.13. The predicted octanol–water partition coefficient (Wildman–Crippen LogP) is 3.56. The van der Waals surface area contributed by atoms with Gasteiger partial charge in [-0.1, -0.05) is 12.1 Å². The quantitative estimate of drug-likeness (QED) is 0.834. The monoisotopic (exact) mass is 272 g/mol. The highest BCUT2D eigenvalue weighted by Gasteiger charge is 2.32. The van der Waals surface area contributed by atoms with Crippen molar-refractivity contribution in [2.75, 3.05) is 0 Å². The zero-order chi connectivity index (χ0) is 14.0. The number of aliphatic hydroxyl groups excluding tert-OH is 1. The number of halogens is 6. The third-order valence-corrected chi connectivity index (χ3v) is 2.22. The lowest BCUT2D eigenvalue weighted by atomic mass is 10.0. The predicted molar refractivity (Wildman–Crippen MR) is 51.8 cm³/mol. The largest absolute Gasteiger partial charge is 0.416 e. The molecule has 1 nitrogen and oxygen atoms in total. The highest BCUT2D eigenvalue weighted by molar-refractivity contribution is 5.25. The van der Waals surface area contributed by atoms with Gasteiger partial charge < -0.3 is 5.11 Å². The Morgan fingerprint density at radius 1 is 0.944 bits per heavy atom. The minimum Gasteiger partial charge on any atom is -0.392 e. The van der Waals surface area contributed by atoms with E-state index in [4.69, 9.17) is 5.11 Å². The van der Waals surface area contributed by atoms with E-state index in [1.54, 1.807) is 0 Å². The Morgan fingerprint density at radius 3 is 1.83 bits per heavy atom. The highest BCUT2D eigenvalue weighted by Crippen LogP contribution is 2.29. The molecule has 1 aromatic rings. The molecule has 0 radical (unpaired) electrons. The summed E-state index contributed by atoms with van der Waals surface area (Å²) in [7, 11) is 0. The number of benzene rings is 1. The third-order valence-electron chi connectivity index (χ3n) is 2.22. The van der Waals surface area contributed by atoms with Crippen molar-refractivity contribution in [1.82, 2.24) is 0 Å². The second kappa shape index (κ2) is 5.17. The van der Waals surface area contributed by atoms with Gasteiger partial charge in [0.05, 0.1) is 18.1 Å². The maximum absolute atomic E-state index is 12.2. The number of aliphatic hydroxyl groups is 1. The van der Waals surface area contributed by atoms with E-state index < -0.39 is 30.4 Å². The average molecular weight is 272 g/mol. The summed E-state index contributed by atoms with van der Waals surface area (Å²) >= 11 is 0. The van der Waals surface area contributed by atoms with Crippen LogP contribution in [0.25, 0.3) is 0 Å². The standard InChI is InChI=1S/C11H10F6O/c12-10(13,14)6-9(18)5-7-1-3-8(4-2-7)11(15,16)17/h1-4,9,18H,5-6H2. The van der Waals surface area contributed by atoms with E-state index in [9.17, 15) is 26.3 Å². The van der Waals surface area contributed by atoms with Crippen LogP contribution in [-0.2, 0) is 12.6 Å². The minimum absolute atomic E-state index is 0.222. The molecule has 1 rings (SSSR count). The van der Waals surface area contributed by atoms with E-state index in [1.165, 1.54) is 0 Å². The van der Waals surface area contributed by atoms with Crippen LogP contribution in [0.2, 0.25) is 0 Å². The van der Waals surface area contributed by atoms with Gasteiger partial charge in [-0.2, -0.15) is 26.3 Å². The second-order valence-electron chi connectivity index (χ2n) is 3.87. The van der Waals surface area contributed by atoms with Crippen LogP contribution in [0.5, 0.6) is 0 Å². The molecule has 0 aliphatic heterocycles. The summed E-state index contributed by atoms with van der Waals surface area (Å²) in [4.78, 5) is 0. The summed E-state index contributed by atoms with van der Waals surface area (Å²) in [5.74, 6) is 0. The smallest absolute Gasteiger partial charge is 0.392 e. The normalized spacial score (nSPS) is 14.6. The molecule has 1 N–H and O–H groups in total. The molecule has 7 heteroatoms. The van der Waals surface area contributed by atoms with Gasteiger partial charge in [0.15, 0.2) is 0 Å². The van der Waals surface area contributed by atoms with Gasteiger partial charge in [-0.05, 0) is 24.1 Å². The van der Waals surface area contributed by atoms with E-state index in [2.05, 4.69) is 0 Å². The van der Waals surface area contributed by atoms with Crippen molar-refractivity contribution in [3.63, 3.8) is 0 Å². The lowest BCUT2D eigenvalue weighted by Crippen LogP contribution is -2.21. The molecule has 1 atom stereocenters. The summed E-state index contributed by atoms with van der Waals surface area (Å²) in [6.07, 6.45) is -12.3. The lowest BCUT2D eigenvalue weighted by molar-refractivity contribution is -0.153. The van der Waals surface area contributed by atoms with E-state index in [-0.39, 0.29) is 12.0 Å². The van der Waals surface area contributed by atoms with Crippen molar-refractivity contribution in [3.05, 3.63) is 35.4 Å².